The summed E-state index contributed by atoms with van der Waals surface area (Å²) in [6, 6.07) is 6.22. The highest BCUT2D eigenvalue weighted by molar-refractivity contribution is 7.89. The molecule has 0 bridgehead atoms. The Labute approximate surface area is 126 Å². The summed E-state index contributed by atoms with van der Waals surface area (Å²) in [5.74, 6) is -0.240. The fourth-order valence-electron chi connectivity index (χ4n) is 3.02. The standard InChI is InChI=1S/C15H22N2O3S/c1-15(2)10-6-5-7-11(15)14(18)17-12-8-3-4-9-13(12)21(16,19)20/h3-4,8-9,11H,5-7,10H2,1-2H3,(H,17,18)(H2,16,19,20). The lowest BCUT2D eigenvalue weighted by molar-refractivity contribution is -0.124. The number of hydrogen-bond acceptors (Lipinski definition) is 3. The molecular weight excluding hydrogens is 288 g/mol. The van der Waals surface area contributed by atoms with Crippen molar-refractivity contribution in [1.29, 1.82) is 0 Å². The molecule has 0 aromatic heterocycles. The third kappa shape index (κ3) is 3.63. The zero-order valence-corrected chi connectivity index (χ0v) is 13.2. The van der Waals surface area contributed by atoms with Gasteiger partial charge in [-0.05, 0) is 30.4 Å². The molecule has 1 aromatic carbocycles. The number of amides is 1. The van der Waals surface area contributed by atoms with Crippen LogP contribution in [-0.2, 0) is 14.8 Å². The van der Waals surface area contributed by atoms with Crippen molar-refractivity contribution < 1.29 is 13.2 Å². The lowest BCUT2D eigenvalue weighted by atomic mass is 9.68. The Morgan fingerprint density at radius 3 is 2.57 bits per heavy atom. The highest BCUT2D eigenvalue weighted by atomic mass is 32.2. The van der Waals surface area contributed by atoms with E-state index in [2.05, 4.69) is 19.2 Å². The first-order valence-electron chi connectivity index (χ1n) is 7.14. The summed E-state index contributed by atoms with van der Waals surface area (Å²) < 4.78 is 23.1. The number of hydrogen-bond donors (Lipinski definition) is 2. The highest BCUT2D eigenvalue weighted by Crippen LogP contribution is 2.41. The fraction of sp³-hybridized carbons (Fsp3) is 0.533. The first-order chi connectivity index (χ1) is 9.72. The maximum atomic E-state index is 12.5. The summed E-state index contributed by atoms with van der Waals surface area (Å²) in [4.78, 5) is 12.5. The van der Waals surface area contributed by atoms with E-state index in [4.69, 9.17) is 5.14 Å². The Morgan fingerprint density at radius 1 is 1.29 bits per heavy atom. The van der Waals surface area contributed by atoms with Crippen LogP contribution in [0.1, 0.15) is 39.5 Å². The van der Waals surface area contributed by atoms with E-state index in [0.29, 0.717) is 0 Å². The number of para-hydroxylation sites is 1. The van der Waals surface area contributed by atoms with Gasteiger partial charge in [-0.15, -0.1) is 0 Å². The Hall–Kier alpha value is -1.40. The molecular formula is C15H22N2O3S. The number of carbonyl (C=O) groups excluding carboxylic acids is 1. The largest absolute Gasteiger partial charge is 0.325 e. The topological polar surface area (TPSA) is 89.3 Å². The molecule has 1 amide bonds. The van der Waals surface area contributed by atoms with Crippen LogP contribution in [0.5, 0.6) is 0 Å². The van der Waals surface area contributed by atoms with Gasteiger partial charge in [0, 0.05) is 5.92 Å². The van der Waals surface area contributed by atoms with Gasteiger partial charge in [0.15, 0.2) is 0 Å². The van der Waals surface area contributed by atoms with E-state index in [9.17, 15) is 13.2 Å². The molecule has 0 saturated heterocycles. The van der Waals surface area contributed by atoms with Crippen molar-refractivity contribution in [3.8, 4) is 0 Å². The second kappa shape index (κ2) is 5.77. The first-order valence-corrected chi connectivity index (χ1v) is 8.69. The van der Waals surface area contributed by atoms with Gasteiger partial charge in [0.05, 0.1) is 5.69 Å². The predicted molar refractivity (Wildman–Crippen MR) is 82.2 cm³/mol. The van der Waals surface area contributed by atoms with Gasteiger partial charge in [-0.25, -0.2) is 13.6 Å². The van der Waals surface area contributed by atoms with Crippen LogP contribution in [0.15, 0.2) is 29.2 Å². The van der Waals surface area contributed by atoms with Crippen LogP contribution in [0.4, 0.5) is 5.69 Å². The second-order valence-corrected chi connectivity index (χ2v) is 7.85. The van der Waals surface area contributed by atoms with Crippen LogP contribution >= 0.6 is 0 Å². The maximum Gasteiger partial charge on any atom is 0.240 e. The normalized spacial score (nSPS) is 21.8. The molecule has 0 heterocycles. The Morgan fingerprint density at radius 2 is 1.95 bits per heavy atom. The van der Waals surface area contributed by atoms with Gasteiger partial charge >= 0.3 is 0 Å². The van der Waals surface area contributed by atoms with E-state index in [1.165, 1.54) is 6.07 Å². The first kappa shape index (κ1) is 16.0. The van der Waals surface area contributed by atoms with E-state index in [1.807, 2.05) is 0 Å². The smallest absolute Gasteiger partial charge is 0.240 e. The maximum absolute atomic E-state index is 12.5. The Balaban J connectivity index is 2.25. The second-order valence-electron chi connectivity index (χ2n) is 6.32. The molecule has 2 rings (SSSR count). The van der Waals surface area contributed by atoms with Crippen LogP contribution in [0.3, 0.4) is 0 Å². The summed E-state index contributed by atoms with van der Waals surface area (Å²) >= 11 is 0. The fourth-order valence-corrected chi connectivity index (χ4v) is 3.71. The van der Waals surface area contributed by atoms with Gasteiger partial charge in [-0.1, -0.05) is 38.8 Å². The number of nitrogens with one attached hydrogen (secondary N) is 1. The predicted octanol–water partition coefficient (Wildman–Crippen LogP) is 2.49. The summed E-state index contributed by atoms with van der Waals surface area (Å²) in [7, 11) is -3.85. The number of nitrogens with two attached hydrogens (primary N) is 1. The van der Waals surface area contributed by atoms with Crippen molar-refractivity contribution in [3.63, 3.8) is 0 Å². The molecule has 0 aliphatic heterocycles. The van der Waals surface area contributed by atoms with Crippen LogP contribution in [0.25, 0.3) is 0 Å². The molecule has 1 saturated carbocycles. The SMILES string of the molecule is CC1(C)CCCCC1C(=O)Nc1ccccc1S(N)(=O)=O. The number of carbonyl (C=O) groups is 1. The van der Waals surface area contributed by atoms with Gasteiger partial charge in [0.1, 0.15) is 4.90 Å². The van der Waals surface area contributed by atoms with Gasteiger partial charge in [0.25, 0.3) is 0 Å². The molecule has 3 N–H and O–H groups in total. The number of sulfonamides is 1. The zero-order valence-electron chi connectivity index (χ0n) is 12.4. The number of primary sulfonamides is 1. The molecule has 1 unspecified atom stereocenters. The molecule has 1 atom stereocenters. The third-order valence-electron chi connectivity index (χ3n) is 4.28. The van der Waals surface area contributed by atoms with Crippen LogP contribution < -0.4 is 10.5 Å². The molecule has 1 aliphatic carbocycles. The Bertz CT molecular complexity index is 638. The Kier molecular flexibility index (Phi) is 4.39. The van der Waals surface area contributed by atoms with Gasteiger partial charge in [0.2, 0.25) is 15.9 Å². The molecule has 0 radical (unpaired) electrons. The van der Waals surface area contributed by atoms with E-state index < -0.39 is 10.0 Å². The number of rotatable bonds is 3. The minimum Gasteiger partial charge on any atom is -0.325 e. The average molecular weight is 310 g/mol. The minimum atomic E-state index is -3.85. The van der Waals surface area contributed by atoms with Gasteiger partial charge in [-0.2, -0.15) is 0 Å². The summed E-state index contributed by atoms with van der Waals surface area (Å²) in [6.07, 6.45) is 3.99. The monoisotopic (exact) mass is 310 g/mol. The van der Waals surface area contributed by atoms with E-state index >= 15 is 0 Å². The zero-order chi connectivity index (χ0) is 15.7. The lowest BCUT2D eigenvalue weighted by Gasteiger charge is -2.37. The van der Waals surface area contributed by atoms with E-state index in [-0.39, 0.29) is 27.8 Å². The molecule has 21 heavy (non-hydrogen) atoms. The average Bonchev–Trinajstić information content (AvgIpc) is 2.37. The van der Waals surface area contributed by atoms with Gasteiger partial charge < -0.3 is 5.32 Å². The van der Waals surface area contributed by atoms with Crippen LogP contribution in [0.2, 0.25) is 0 Å². The molecule has 1 aromatic rings. The molecule has 5 nitrogen and oxygen atoms in total. The minimum absolute atomic E-state index is 0.0491. The molecule has 6 heteroatoms. The quantitative estimate of drug-likeness (QED) is 0.898. The third-order valence-corrected chi connectivity index (χ3v) is 5.24. The number of benzene rings is 1. The van der Waals surface area contributed by atoms with E-state index in [0.717, 1.165) is 25.7 Å². The van der Waals surface area contributed by atoms with Crippen molar-refractivity contribution in [2.75, 3.05) is 5.32 Å². The highest BCUT2D eigenvalue weighted by Gasteiger charge is 2.37. The van der Waals surface area contributed by atoms with Crippen molar-refractivity contribution in [1.82, 2.24) is 0 Å². The van der Waals surface area contributed by atoms with Crippen molar-refractivity contribution in [2.24, 2.45) is 16.5 Å². The van der Waals surface area contributed by atoms with Crippen LogP contribution in [-0.4, -0.2) is 14.3 Å². The molecule has 0 spiro atoms. The summed E-state index contributed by atoms with van der Waals surface area (Å²) in [5, 5.41) is 7.93. The van der Waals surface area contributed by atoms with Crippen molar-refractivity contribution in [2.45, 2.75) is 44.4 Å². The molecule has 1 aliphatic rings. The van der Waals surface area contributed by atoms with Gasteiger partial charge in [-0.3, -0.25) is 4.79 Å². The van der Waals surface area contributed by atoms with E-state index in [1.54, 1.807) is 18.2 Å². The molecule has 1 fully saturated rings. The lowest BCUT2D eigenvalue weighted by Crippen LogP contribution is -2.37. The van der Waals surface area contributed by atoms with Crippen LogP contribution in [0, 0.1) is 11.3 Å². The summed E-state index contributed by atoms with van der Waals surface area (Å²) in [5.41, 5.74) is 0.185. The summed E-state index contributed by atoms with van der Waals surface area (Å²) in [6.45, 7) is 4.17. The van der Waals surface area contributed by atoms with Crippen molar-refractivity contribution >= 4 is 21.6 Å². The van der Waals surface area contributed by atoms with Crippen molar-refractivity contribution in [3.05, 3.63) is 24.3 Å². The molecule has 116 valence electrons. The number of anilines is 1.